The third-order valence-electron chi connectivity index (χ3n) is 7.18. The lowest BCUT2D eigenvalue weighted by atomic mass is 9.94. The van der Waals surface area contributed by atoms with Gasteiger partial charge in [-0.2, -0.15) is 9.97 Å². The second kappa shape index (κ2) is 12.0. The van der Waals surface area contributed by atoms with Crippen LogP contribution in [0.2, 0.25) is 0 Å². The number of aliphatic carboxylic acids is 1. The number of nitrogens with zero attached hydrogens (tertiary/aromatic N) is 6. The minimum atomic E-state index is -1.42. The third kappa shape index (κ3) is 7.00. The predicted molar refractivity (Wildman–Crippen MR) is 152 cm³/mol. The Morgan fingerprint density at radius 1 is 1.10 bits per heavy atom. The molecule has 2 aliphatic heterocycles. The van der Waals surface area contributed by atoms with Crippen molar-refractivity contribution < 1.29 is 24.2 Å². The fourth-order valence-corrected chi connectivity index (χ4v) is 5.04. The summed E-state index contributed by atoms with van der Waals surface area (Å²) in [5.74, 6) is -0.470. The minimum Gasteiger partial charge on any atom is -0.479 e. The van der Waals surface area contributed by atoms with Gasteiger partial charge in [-0.15, -0.1) is 0 Å². The average Bonchev–Trinajstić information content (AvgIpc) is 2.87. The second-order valence-electron chi connectivity index (χ2n) is 12.0. The summed E-state index contributed by atoms with van der Waals surface area (Å²) in [6.45, 7) is 10.9. The zero-order valence-electron chi connectivity index (χ0n) is 24.5. The van der Waals surface area contributed by atoms with E-state index in [-0.39, 0.29) is 19.1 Å². The molecule has 0 saturated carbocycles. The van der Waals surface area contributed by atoms with Crippen molar-refractivity contribution in [3.63, 3.8) is 0 Å². The standard InChI is InChI=1S/C29H42N6O5/c1-28(2,3)40-27(38)34-14-15-35(29(4,20-34)25(36)37)24-22-12-13-33(18-21-10-8-7-9-11-21)19-23(22)30-26(31-24)39-17-16-32(5)6/h7-11H,12-20H2,1-6H3,(H,36,37). The number of ether oxygens (including phenoxy) is 2. The van der Waals surface area contributed by atoms with E-state index in [2.05, 4.69) is 17.0 Å². The fraction of sp³-hybridized carbons (Fsp3) is 0.586. The van der Waals surface area contributed by atoms with Crippen LogP contribution in [-0.4, -0.2) is 106 Å². The highest BCUT2D eigenvalue weighted by Crippen LogP contribution is 2.35. The van der Waals surface area contributed by atoms with Gasteiger partial charge in [0.2, 0.25) is 0 Å². The van der Waals surface area contributed by atoms with E-state index in [1.807, 2.05) is 42.1 Å². The van der Waals surface area contributed by atoms with Crippen molar-refractivity contribution in [2.75, 3.05) is 58.3 Å². The highest BCUT2D eigenvalue weighted by atomic mass is 16.6. The van der Waals surface area contributed by atoms with Crippen LogP contribution in [0.1, 0.15) is 44.5 Å². The Hall–Kier alpha value is -3.44. The van der Waals surface area contributed by atoms with Crippen molar-refractivity contribution in [3.8, 4) is 6.01 Å². The molecule has 1 amide bonds. The molecule has 2 aliphatic rings. The van der Waals surface area contributed by atoms with Crippen molar-refractivity contribution in [2.45, 2.75) is 58.3 Å². The summed E-state index contributed by atoms with van der Waals surface area (Å²) in [4.78, 5) is 42.8. The van der Waals surface area contributed by atoms with Gasteiger partial charge in [-0.25, -0.2) is 9.59 Å². The number of benzene rings is 1. The van der Waals surface area contributed by atoms with Gasteiger partial charge in [0, 0.05) is 44.8 Å². The van der Waals surface area contributed by atoms with Gasteiger partial charge in [0.25, 0.3) is 0 Å². The summed E-state index contributed by atoms with van der Waals surface area (Å²) in [6.07, 6.45) is 0.158. The molecular formula is C29H42N6O5. The van der Waals surface area contributed by atoms with E-state index in [0.717, 1.165) is 24.3 Å². The van der Waals surface area contributed by atoms with Crippen molar-refractivity contribution >= 4 is 17.9 Å². The van der Waals surface area contributed by atoms with E-state index in [4.69, 9.17) is 19.4 Å². The van der Waals surface area contributed by atoms with Gasteiger partial charge in [-0.3, -0.25) is 4.90 Å². The molecule has 1 fully saturated rings. The summed E-state index contributed by atoms with van der Waals surface area (Å²) >= 11 is 0. The molecule has 0 aliphatic carbocycles. The molecule has 218 valence electrons. The van der Waals surface area contributed by atoms with E-state index in [1.54, 1.807) is 27.7 Å². The van der Waals surface area contributed by atoms with Crippen LogP contribution in [0.3, 0.4) is 0 Å². The molecule has 1 N–H and O–H groups in total. The molecule has 1 atom stereocenters. The average molecular weight is 555 g/mol. The number of likely N-dealkylation sites (N-methyl/N-ethyl adjacent to an activating group) is 1. The lowest BCUT2D eigenvalue weighted by Gasteiger charge is -2.47. The number of anilines is 1. The molecule has 0 radical (unpaired) electrons. The number of hydrogen-bond donors (Lipinski definition) is 1. The summed E-state index contributed by atoms with van der Waals surface area (Å²) in [5, 5.41) is 10.4. The first-order chi connectivity index (χ1) is 18.9. The molecular weight excluding hydrogens is 512 g/mol. The lowest BCUT2D eigenvalue weighted by Crippen LogP contribution is -2.66. The maximum absolute atomic E-state index is 12.9. The molecule has 1 aromatic heterocycles. The number of amides is 1. The Balaban J connectivity index is 1.65. The second-order valence-corrected chi connectivity index (χ2v) is 12.0. The number of carboxylic acids is 1. The normalized spacial score (nSPS) is 19.9. The van der Waals surface area contributed by atoms with E-state index in [0.29, 0.717) is 38.5 Å². The first-order valence-electron chi connectivity index (χ1n) is 13.8. The largest absolute Gasteiger partial charge is 0.479 e. The Morgan fingerprint density at radius 3 is 2.48 bits per heavy atom. The molecule has 3 heterocycles. The topological polar surface area (TPSA) is 112 Å². The number of hydrogen-bond acceptors (Lipinski definition) is 9. The highest BCUT2D eigenvalue weighted by molar-refractivity contribution is 5.85. The lowest BCUT2D eigenvalue weighted by molar-refractivity contribution is -0.144. The quantitative estimate of drug-likeness (QED) is 0.523. The Labute approximate surface area is 236 Å². The first-order valence-corrected chi connectivity index (χ1v) is 13.8. The maximum Gasteiger partial charge on any atom is 0.410 e. The van der Waals surface area contributed by atoms with Crippen LogP contribution in [-0.2, 0) is 29.0 Å². The van der Waals surface area contributed by atoms with Crippen LogP contribution in [0, 0.1) is 0 Å². The van der Waals surface area contributed by atoms with Gasteiger partial charge >= 0.3 is 18.1 Å². The number of fused-ring (bicyclic) bond motifs is 1. The summed E-state index contributed by atoms with van der Waals surface area (Å²) in [5.41, 5.74) is 0.903. The van der Waals surface area contributed by atoms with Gasteiger partial charge < -0.3 is 29.3 Å². The molecule has 1 saturated heterocycles. The van der Waals surface area contributed by atoms with Gasteiger partial charge in [-0.1, -0.05) is 30.3 Å². The number of rotatable bonds is 8. The van der Waals surface area contributed by atoms with Crippen LogP contribution in [0.5, 0.6) is 6.01 Å². The van der Waals surface area contributed by atoms with Gasteiger partial charge in [-0.05, 0) is 53.8 Å². The SMILES string of the molecule is CN(C)CCOc1nc2c(c(N3CCN(C(=O)OC(C)(C)C)CC3(C)C(=O)O)n1)CCN(Cc1ccccc1)C2. The van der Waals surface area contributed by atoms with E-state index in [9.17, 15) is 14.7 Å². The molecule has 0 bridgehead atoms. The molecule has 11 nitrogen and oxygen atoms in total. The van der Waals surface area contributed by atoms with Crippen molar-refractivity contribution in [1.29, 1.82) is 0 Å². The van der Waals surface area contributed by atoms with Crippen LogP contribution in [0.15, 0.2) is 30.3 Å². The van der Waals surface area contributed by atoms with Crippen molar-refractivity contribution in [2.24, 2.45) is 0 Å². The maximum atomic E-state index is 12.9. The minimum absolute atomic E-state index is 0.0347. The summed E-state index contributed by atoms with van der Waals surface area (Å²) < 4.78 is 11.5. The number of carboxylic acid groups (broad SMARTS) is 1. The Morgan fingerprint density at radius 2 is 1.82 bits per heavy atom. The van der Waals surface area contributed by atoms with E-state index in [1.165, 1.54) is 10.5 Å². The monoisotopic (exact) mass is 554 g/mol. The number of aromatic nitrogens is 2. The molecule has 2 aromatic rings. The van der Waals surface area contributed by atoms with Crippen LogP contribution >= 0.6 is 0 Å². The van der Waals surface area contributed by atoms with Gasteiger partial charge in [0.1, 0.15) is 18.0 Å². The van der Waals surface area contributed by atoms with E-state index >= 15 is 0 Å². The molecule has 1 unspecified atom stereocenters. The number of piperazine rings is 1. The third-order valence-corrected chi connectivity index (χ3v) is 7.18. The molecule has 11 heteroatoms. The van der Waals surface area contributed by atoms with Crippen molar-refractivity contribution in [1.82, 2.24) is 24.7 Å². The smallest absolute Gasteiger partial charge is 0.410 e. The summed E-state index contributed by atoms with van der Waals surface area (Å²) in [7, 11) is 3.93. The summed E-state index contributed by atoms with van der Waals surface area (Å²) in [6, 6.07) is 10.5. The Kier molecular flexibility index (Phi) is 8.84. The van der Waals surface area contributed by atoms with Gasteiger partial charge in [0.15, 0.2) is 5.54 Å². The van der Waals surface area contributed by atoms with Crippen LogP contribution < -0.4 is 9.64 Å². The molecule has 4 rings (SSSR count). The molecule has 1 aromatic carbocycles. The van der Waals surface area contributed by atoms with Gasteiger partial charge in [0.05, 0.1) is 12.2 Å². The Bertz CT molecular complexity index is 1200. The highest BCUT2D eigenvalue weighted by Gasteiger charge is 2.48. The zero-order valence-corrected chi connectivity index (χ0v) is 24.5. The number of carbonyl (C=O) groups is 2. The fourth-order valence-electron chi connectivity index (χ4n) is 5.04. The molecule has 40 heavy (non-hydrogen) atoms. The van der Waals surface area contributed by atoms with Crippen LogP contribution in [0.25, 0.3) is 0 Å². The number of carbonyl (C=O) groups excluding carboxylic acids is 1. The predicted octanol–water partition coefficient (Wildman–Crippen LogP) is 2.88. The van der Waals surface area contributed by atoms with Crippen molar-refractivity contribution in [3.05, 3.63) is 47.2 Å². The zero-order chi connectivity index (χ0) is 29.1. The molecule has 0 spiro atoms. The first kappa shape index (κ1) is 29.5. The van der Waals surface area contributed by atoms with Crippen LogP contribution in [0.4, 0.5) is 10.6 Å². The van der Waals surface area contributed by atoms with E-state index < -0.39 is 23.2 Å².